The number of carbonyl (C=O) groups excluding carboxylic acids is 1. The molecule has 1 amide bonds. The van der Waals surface area contributed by atoms with Crippen LogP contribution in [-0.2, 0) is 0 Å². The summed E-state index contributed by atoms with van der Waals surface area (Å²) in [6.45, 7) is 8.93. The van der Waals surface area contributed by atoms with Crippen LogP contribution in [0.3, 0.4) is 0 Å². The van der Waals surface area contributed by atoms with E-state index in [1.807, 2.05) is 58.0 Å². The summed E-state index contributed by atoms with van der Waals surface area (Å²) in [5.74, 6) is 1.32. The van der Waals surface area contributed by atoms with E-state index >= 15 is 0 Å². The van der Waals surface area contributed by atoms with E-state index in [0.29, 0.717) is 30.2 Å². The predicted octanol–water partition coefficient (Wildman–Crippen LogP) is 4.35. The molecular formula is C19H23NO3. The first-order valence-corrected chi connectivity index (χ1v) is 7.83. The number of rotatable bonds is 6. The van der Waals surface area contributed by atoms with Gasteiger partial charge in [-0.15, -0.1) is 0 Å². The molecular weight excluding hydrogens is 290 g/mol. The van der Waals surface area contributed by atoms with Crippen molar-refractivity contribution < 1.29 is 14.3 Å². The molecule has 0 aliphatic carbocycles. The topological polar surface area (TPSA) is 47.6 Å². The van der Waals surface area contributed by atoms with Crippen LogP contribution < -0.4 is 14.8 Å². The van der Waals surface area contributed by atoms with Gasteiger partial charge in [0.1, 0.15) is 11.5 Å². The maximum atomic E-state index is 12.5. The fourth-order valence-corrected chi connectivity index (χ4v) is 2.31. The minimum Gasteiger partial charge on any atom is -0.494 e. The molecule has 0 spiro atoms. The van der Waals surface area contributed by atoms with Crippen LogP contribution in [0.15, 0.2) is 36.4 Å². The molecule has 0 atom stereocenters. The Morgan fingerprint density at radius 1 is 0.957 bits per heavy atom. The Morgan fingerprint density at radius 2 is 1.65 bits per heavy atom. The molecule has 0 aliphatic rings. The van der Waals surface area contributed by atoms with Gasteiger partial charge in [-0.25, -0.2) is 0 Å². The van der Waals surface area contributed by atoms with Crippen molar-refractivity contribution in [3.63, 3.8) is 0 Å². The number of nitrogens with one attached hydrogen (secondary N) is 1. The molecule has 2 rings (SSSR count). The molecule has 0 radical (unpaired) electrons. The smallest absolute Gasteiger partial charge is 0.255 e. The first-order chi connectivity index (χ1) is 11.0. The molecule has 4 nitrogen and oxygen atoms in total. The van der Waals surface area contributed by atoms with Crippen molar-refractivity contribution in [3.8, 4) is 11.5 Å². The summed E-state index contributed by atoms with van der Waals surface area (Å²) in [6, 6.07) is 11.1. The zero-order valence-corrected chi connectivity index (χ0v) is 14.1. The SMILES string of the molecule is CCOc1ccc(C(=O)Nc2ccc(C)cc2OCC)cc1C. The minimum absolute atomic E-state index is 0.166. The largest absolute Gasteiger partial charge is 0.494 e. The van der Waals surface area contributed by atoms with Gasteiger partial charge in [-0.1, -0.05) is 6.07 Å². The second-order valence-corrected chi connectivity index (χ2v) is 5.30. The van der Waals surface area contributed by atoms with E-state index in [1.165, 1.54) is 0 Å². The van der Waals surface area contributed by atoms with Crippen LogP contribution in [0.2, 0.25) is 0 Å². The standard InChI is InChI=1S/C19H23NO3/c1-5-22-17-10-8-15(12-14(17)4)19(21)20-16-9-7-13(3)11-18(16)23-6-2/h7-12H,5-6H2,1-4H3,(H,20,21). The van der Waals surface area contributed by atoms with Gasteiger partial charge in [0.05, 0.1) is 18.9 Å². The molecule has 4 heteroatoms. The summed E-state index contributed by atoms with van der Waals surface area (Å²) in [5.41, 5.74) is 3.29. The van der Waals surface area contributed by atoms with Crippen LogP contribution in [0.1, 0.15) is 35.3 Å². The molecule has 23 heavy (non-hydrogen) atoms. The van der Waals surface area contributed by atoms with Crippen LogP contribution in [0, 0.1) is 13.8 Å². The molecule has 0 aromatic heterocycles. The molecule has 0 bridgehead atoms. The van der Waals surface area contributed by atoms with Crippen molar-refractivity contribution in [2.45, 2.75) is 27.7 Å². The highest BCUT2D eigenvalue weighted by Gasteiger charge is 2.12. The van der Waals surface area contributed by atoms with E-state index in [0.717, 1.165) is 16.9 Å². The number of hydrogen-bond acceptors (Lipinski definition) is 3. The zero-order valence-electron chi connectivity index (χ0n) is 14.1. The third-order valence-corrected chi connectivity index (χ3v) is 3.42. The minimum atomic E-state index is -0.166. The number of amides is 1. The van der Waals surface area contributed by atoms with Crippen molar-refractivity contribution >= 4 is 11.6 Å². The summed E-state index contributed by atoms with van der Waals surface area (Å²) in [7, 11) is 0. The van der Waals surface area contributed by atoms with Crippen molar-refractivity contribution in [3.05, 3.63) is 53.1 Å². The van der Waals surface area contributed by atoms with Gasteiger partial charge in [-0.2, -0.15) is 0 Å². The van der Waals surface area contributed by atoms with Gasteiger partial charge in [-0.3, -0.25) is 4.79 Å². The molecule has 1 N–H and O–H groups in total. The third kappa shape index (κ3) is 4.25. The van der Waals surface area contributed by atoms with Crippen LogP contribution in [0.25, 0.3) is 0 Å². The summed E-state index contributed by atoms with van der Waals surface area (Å²) in [4.78, 5) is 12.5. The lowest BCUT2D eigenvalue weighted by Crippen LogP contribution is -2.13. The van der Waals surface area contributed by atoms with E-state index in [1.54, 1.807) is 6.07 Å². The molecule has 0 saturated heterocycles. The van der Waals surface area contributed by atoms with E-state index < -0.39 is 0 Å². The number of hydrogen-bond donors (Lipinski definition) is 1. The Hall–Kier alpha value is -2.49. The van der Waals surface area contributed by atoms with Crippen molar-refractivity contribution in [1.82, 2.24) is 0 Å². The first kappa shape index (κ1) is 16.9. The number of aryl methyl sites for hydroxylation is 2. The lowest BCUT2D eigenvalue weighted by Gasteiger charge is -2.13. The average Bonchev–Trinajstić information content (AvgIpc) is 2.52. The van der Waals surface area contributed by atoms with Gasteiger partial charge >= 0.3 is 0 Å². The highest BCUT2D eigenvalue weighted by Crippen LogP contribution is 2.27. The average molecular weight is 313 g/mol. The van der Waals surface area contributed by atoms with E-state index in [2.05, 4.69) is 5.32 Å². The fraction of sp³-hybridized carbons (Fsp3) is 0.316. The molecule has 0 fully saturated rings. The summed E-state index contributed by atoms with van der Waals surface area (Å²) >= 11 is 0. The van der Waals surface area contributed by atoms with Gasteiger partial charge in [0.2, 0.25) is 0 Å². The first-order valence-electron chi connectivity index (χ1n) is 7.83. The Kier molecular flexibility index (Phi) is 5.63. The zero-order chi connectivity index (χ0) is 16.8. The molecule has 122 valence electrons. The van der Waals surface area contributed by atoms with Crippen LogP contribution in [0.5, 0.6) is 11.5 Å². The molecule has 0 saturated carbocycles. The number of anilines is 1. The lowest BCUT2D eigenvalue weighted by atomic mass is 10.1. The molecule has 0 heterocycles. The molecule has 0 unspecified atom stereocenters. The Bertz CT molecular complexity index is 695. The molecule has 2 aromatic rings. The highest BCUT2D eigenvalue weighted by atomic mass is 16.5. The van der Waals surface area contributed by atoms with Crippen LogP contribution >= 0.6 is 0 Å². The Balaban J connectivity index is 2.20. The maximum absolute atomic E-state index is 12.5. The molecule has 2 aromatic carbocycles. The van der Waals surface area contributed by atoms with Gasteiger partial charge in [0.25, 0.3) is 5.91 Å². The second kappa shape index (κ2) is 7.68. The summed E-state index contributed by atoms with van der Waals surface area (Å²) in [5, 5.41) is 2.91. The van der Waals surface area contributed by atoms with E-state index in [-0.39, 0.29) is 5.91 Å². The monoisotopic (exact) mass is 313 g/mol. The van der Waals surface area contributed by atoms with Gasteiger partial charge < -0.3 is 14.8 Å². The van der Waals surface area contributed by atoms with Crippen LogP contribution in [0.4, 0.5) is 5.69 Å². The van der Waals surface area contributed by atoms with Gasteiger partial charge in [0, 0.05) is 5.56 Å². The van der Waals surface area contributed by atoms with Crippen LogP contribution in [-0.4, -0.2) is 19.1 Å². The van der Waals surface area contributed by atoms with Crippen molar-refractivity contribution in [2.75, 3.05) is 18.5 Å². The Labute approximate surface area is 137 Å². The van der Waals surface area contributed by atoms with E-state index in [4.69, 9.17) is 9.47 Å². The van der Waals surface area contributed by atoms with E-state index in [9.17, 15) is 4.79 Å². The van der Waals surface area contributed by atoms with Gasteiger partial charge in [-0.05, 0) is 69.2 Å². The highest BCUT2D eigenvalue weighted by molar-refractivity contribution is 6.05. The second-order valence-electron chi connectivity index (χ2n) is 5.30. The van der Waals surface area contributed by atoms with Gasteiger partial charge in [0.15, 0.2) is 0 Å². The van der Waals surface area contributed by atoms with Crippen molar-refractivity contribution in [1.29, 1.82) is 0 Å². The summed E-state index contributed by atoms with van der Waals surface area (Å²) < 4.78 is 11.1. The summed E-state index contributed by atoms with van der Waals surface area (Å²) in [6.07, 6.45) is 0. The number of benzene rings is 2. The number of ether oxygens (including phenoxy) is 2. The quantitative estimate of drug-likeness (QED) is 0.862. The fourth-order valence-electron chi connectivity index (χ4n) is 2.31. The normalized spacial score (nSPS) is 10.3. The number of carbonyl (C=O) groups is 1. The maximum Gasteiger partial charge on any atom is 0.255 e. The predicted molar refractivity (Wildman–Crippen MR) is 92.6 cm³/mol. The third-order valence-electron chi connectivity index (χ3n) is 3.42. The lowest BCUT2D eigenvalue weighted by molar-refractivity contribution is 0.102. The van der Waals surface area contributed by atoms with Crippen molar-refractivity contribution in [2.24, 2.45) is 0 Å². The molecule has 0 aliphatic heterocycles. The Morgan fingerprint density at radius 3 is 2.30 bits per heavy atom.